The Hall–Kier alpha value is -0.380. The van der Waals surface area contributed by atoms with Gasteiger partial charge in [0.05, 0.1) is 0 Å². The van der Waals surface area contributed by atoms with E-state index in [-0.39, 0.29) is 11.3 Å². The highest BCUT2D eigenvalue weighted by molar-refractivity contribution is 7.99. The number of hydrogen-bond donors (Lipinski definition) is 0. The summed E-state index contributed by atoms with van der Waals surface area (Å²) in [4.78, 5) is 13.9. The Morgan fingerprint density at radius 3 is 1.60 bits per heavy atom. The minimum atomic E-state index is -0.681. The first-order valence-electron chi connectivity index (χ1n) is 12.7. The van der Waals surface area contributed by atoms with Crippen molar-refractivity contribution >= 4 is 17.9 Å². The number of unbranched alkanes of at least 4 members (excludes halogenated alkanes) is 15. The Bertz CT molecular complexity index is 400. The highest BCUT2D eigenvalue weighted by atomic mass is 32.2. The number of carbonyl (C=O) groups excluding carboxylic acids is 1. The second-order valence-corrected chi connectivity index (χ2v) is 10.5. The Kier molecular flexibility index (Phi) is 19.1. The number of rotatable bonds is 20. The molecule has 0 aliphatic rings. The van der Waals surface area contributed by atoms with E-state index in [1.165, 1.54) is 96.3 Å². The van der Waals surface area contributed by atoms with Gasteiger partial charge in [0, 0.05) is 18.8 Å². The van der Waals surface area contributed by atoms with Crippen molar-refractivity contribution in [1.29, 1.82) is 0 Å². The number of carbonyl (C=O) groups is 1. The maximum Gasteiger partial charge on any atom is 0.410 e. The van der Waals surface area contributed by atoms with Crippen LogP contribution in [0.2, 0.25) is 0 Å². The van der Waals surface area contributed by atoms with Gasteiger partial charge in [0.2, 0.25) is 0 Å². The van der Waals surface area contributed by atoms with E-state index < -0.39 is 5.60 Å². The fourth-order valence-corrected chi connectivity index (χ4v) is 4.14. The number of nitrogens with zero attached hydrogens (tertiary/aromatic N) is 1. The van der Waals surface area contributed by atoms with Gasteiger partial charge in [-0.15, -0.1) is 0 Å². The lowest BCUT2D eigenvalue weighted by Crippen LogP contribution is -2.42. The minimum absolute atomic E-state index is 0.172. The van der Waals surface area contributed by atoms with Crippen molar-refractivity contribution < 1.29 is 9.53 Å². The SMILES string of the molecule is [CH2]C(C)(OC(=O)N(C)CCCCCCCCCCCCCCCCCC)C(C)SC. The van der Waals surface area contributed by atoms with E-state index in [0.717, 1.165) is 13.0 Å². The highest BCUT2D eigenvalue weighted by Gasteiger charge is 2.30. The summed E-state index contributed by atoms with van der Waals surface area (Å²) < 4.78 is 5.59. The van der Waals surface area contributed by atoms with Crippen LogP contribution in [-0.2, 0) is 4.74 Å². The Balaban J connectivity index is 3.46. The van der Waals surface area contributed by atoms with Gasteiger partial charge in [0.1, 0.15) is 5.60 Å². The molecule has 1 amide bonds. The molecule has 0 N–H and O–H groups in total. The third kappa shape index (κ3) is 16.3. The highest BCUT2D eigenvalue weighted by Crippen LogP contribution is 2.24. The standard InChI is InChI=1S/C26H52NO2S/c1-7-8-9-10-11-12-13-14-15-16-17-18-19-20-21-22-23-27(5)25(28)29-26(3,4)24(2)30-6/h24H,3,7-23H2,1-2,4-6H3. The molecule has 0 fully saturated rings. The van der Waals surface area contributed by atoms with Crippen LogP contribution in [0.25, 0.3) is 0 Å². The Labute approximate surface area is 193 Å². The van der Waals surface area contributed by atoms with Crippen molar-refractivity contribution in [2.75, 3.05) is 19.8 Å². The van der Waals surface area contributed by atoms with Gasteiger partial charge in [-0.25, -0.2) is 4.79 Å². The molecule has 0 spiro atoms. The van der Waals surface area contributed by atoms with Gasteiger partial charge in [-0.1, -0.05) is 103 Å². The van der Waals surface area contributed by atoms with Crippen molar-refractivity contribution in [3.63, 3.8) is 0 Å². The monoisotopic (exact) mass is 442 g/mol. The number of ether oxygens (including phenoxy) is 1. The molecule has 0 saturated heterocycles. The Morgan fingerprint density at radius 2 is 1.23 bits per heavy atom. The summed E-state index contributed by atoms with van der Waals surface area (Å²) in [6, 6.07) is 0. The van der Waals surface area contributed by atoms with E-state index in [1.54, 1.807) is 16.7 Å². The number of thioether (sulfide) groups is 1. The summed E-state index contributed by atoms with van der Waals surface area (Å²) in [5.41, 5.74) is -0.681. The molecule has 0 aromatic carbocycles. The van der Waals surface area contributed by atoms with Crippen LogP contribution < -0.4 is 0 Å². The first-order chi connectivity index (χ1) is 14.3. The lowest BCUT2D eigenvalue weighted by Gasteiger charge is -2.32. The van der Waals surface area contributed by atoms with Crippen LogP contribution >= 0.6 is 11.8 Å². The first-order valence-corrected chi connectivity index (χ1v) is 14.0. The molecule has 0 aromatic heterocycles. The fraction of sp³-hybridized carbons (Fsp3) is 0.923. The molecular weight excluding hydrogens is 390 g/mol. The summed E-state index contributed by atoms with van der Waals surface area (Å²) >= 11 is 1.67. The van der Waals surface area contributed by atoms with E-state index in [0.29, 0.717) is 0 Å². The number of hydrogen-bond acceptors (Lipinski definition) is 3. The van der Waals surface area contributed by atoms with Gasteiger partial charge < -0.3 is 9.64 Å². The second-order valence-electron chi connectivity index (χ2n) is 9.28. The second kappa shape index (κ2) is 19.3. The average Bonchev–Trinajstić information content (AvgIpc) is 2.72. The van der Waals surface area contributed by atoms with E-state index in [1.807, 2.05) is 27.2 Å². The van der Waals surface area contributed by atoms with Crippen LogP contribution in [0.15, 0.2) is 0 Å². The summed E-state index contributed by atoms with van der Waals surface area (Å²) in [7, 11) is 1.83. The van der Waals surface area contributed by atoms with Crippen molar-refractivity contribution in [3.8, 4) is 0 Å². The summed E-state index contributed by atoms with van der Waals surface area (Å²) in [6.07, 6.45) is 23.6. The quantitative estimate of drug-likeness (QED) is 0.177. The topological polar surface area (TPSA) is 29.5 Å². The molecule has 0 heterocycles. The largest absolute Gasteiger partial charge is 0.442 e. The molecule has 0 aliphatic heterocycles. The van der Waals surface area contributed by atoms with Gasteiger partial charge in [-0.2, -0.15) is 11.8 Å². The lowest BCUT2D eigenvalue weighted by molar-refractivity contribution is 0.0351. The summed E-state index contributed by atoms with van der Waals surface area (Å²) in [5.74, 6) is 0. The molecular formula is C26H52NO2S. The normalized spacial score (nSPS) is 12.7. The van der Waals surface area contributed by atoms with Crippen molar-refractivity contribution in [2.45, 2.75) is 134 Å². The minimum Gasteiger partial charge on any atom is -0.442 e. The van der Waals surface area contributed by atoms with E-state index in [9.17, 15) is 4.79 Å². The lowest BCUT2D eigenvalue weighted by atomic mass is 10.0. The van der Waals surface area contributed by atoms with Crippen molar-refractivity contribution in [1.82, 2.24) is 4.90 Å². The molecule has 0 rings (SSSR count). The van der Waals surface area contributed by atoms with Crippen LogP contribution in [0.4, 0.5) is 4.79 Å². The average molecular weight is 443 g/mol. The summed E-state index contributed by atoms with van der Waals surface area (Å²) in [6.45, 7) is 11.0. The van der Waals surface area contributed by atoms with Crippen LogP contribution in [0.3, 0.4) is 0 Å². The molecule has 179 valence electrons. The van der Waals surface area contributed by atoms with Gasteiger partial charge >= 0.3 is 6.09 Å². The third-order valence-corrected chi connectivity index (χ3v) is 7.40. The maximum absolute atomic E-state index is 12.2. The van der Waals surface area contributed by atoms with Crippen LogP contribution in [0.1, 0.15) is 124 Å². The summed E-state index contributed by atoms with van der Waals surface area (Å²) in [5, 5.41) is 0.172. The predicted molar refractivity (Wildman–Crippen MR) is 135 cm³/mol. The molecule has 3 nitrogen and oxygen atoms in total. The molecule has 0 saturated carbocycles. The van der Waals surface area contributed by atoms with Gasteiger partial charge in [0.15, 0.2) is 0 Å². The number of amides is 1. The smallest absolute Gasteiger partial charge is 0.410 e. The van der Waals surface area contributed by atoms with Crippen molar-refractivity contribution in [3.05, 3.63) is 6.92 Å². The first kappa shape index (κ1) is 29.6. The van der Waals surface area contributed by atoms with Crippen LogP contribution in [-0.4, -0.2) is 41.7 Å². The van der Waals surface area contributed by atoms with E-state index in [4.69, 9.17) is 4.74 Å². The fourth-order valence-electron chi connectivity index (χ4n) is 3.60. The predicted octanol–water partition coefficient (Wildman–Crippen LogP) is 8.66. The van der Waals surface area contributed by atoms with E-state index >= 15 is 0 Å². The molecule has 2 atom stereocenters. The van der Waals surface area contributed by atoms with E-state index in [2.05, 4.69) is 13.8 Å². The molecule has 1 radical (unpaired) electrons. The molecule has 2 unspecified atom stereocenters. The molecule has 30 heavy (non-hydrogen) atoms. The van der Waals surface area contributed by atoms with Gasteiger partial charge in [-0.05, 0) is 33.4 Å². The zero-order valence-electron chi connectivity index (χ0n) is 21.0. The molecule has 0 bridgehead atoms. The van der Waals surface area contributed by atoms with Crippen molar-refractivity contribution in [2.24, 2.45) is 0 Å². The zero-order chi connectivity index (χ0) is 22.7. The van der Waals surface area contributed by atoms with Crippen LogP contribution in [0, 0.1) is 6.92 Å². The molecule has 4 heteroatoms. The van der Waals surface area contributed by atoms with Crippen LogP contribution in [0.5, 0.6) is 0 Å². The zero-order valence-corrected chi connectivity index (χ0v) is 21.8. The van der Waals surface area contributed by atoms with Gasteiger partial charge in [0.25, 0.3) is 0 Å². The Morgan fingerprint density at radius 1 is 0.867 bits per heavy atom. The third-order valence-electron chi connectivity index (χ3n) is 6.19. The molecule has 0 aromatic rings. The molecule has 0 aliphatic carbocycles. The maximum atomic E-state index is 12.2. The van der Waals surface area contributed by atoms with Gasteiger partial charge in [-0.3, -0.25) is 0 Å².